The van der Waals surface area contributed by atoms with Crippen LogP contribution in [0.1, 0.15) is 46.4 Å². The molecule has 1 atom stereocenters. The van der Waals surface area contributed by atoms with Crippen molar-refractivity contribution in [1.82, 2.24) is 25.0 Å². The third-order valence-corrected chi connectivity index (χ3v) is 5.47. The van der Waals surface area contributed by atoms with Gasteiger partial charge in [-0.2, -0.15) is 9.37 Å². The maximum absolute atomic E-state index is 13.0. The van der Waals surface area contributed by atoms with Crippen LogP contribution in [0.15, 0.2) is 29.0 Å². The quantitative estimate of drug-likeness (QED) is 0.640. The fourth-order valence-electron chi connectivity index (χ4n) is 3.18. The largest absolute Gasteiger partial charge is 0.339 e. The molecule has 0 unspecified atom stereocenters. The summed E-state index contributed by atoms with van der Waals surface area (Å²) >= 11 is 1.51. The minimum atomic E-state index is -0.600. The molecule has 0 N–H and O–H groups in total. The van der Waals surface area contributed by atoms with E-state index in [1.165, 1.54) is 29.7 Å². The molecule has 1 aliphatic heterocycles. The summed E-state index contributed by atoms with van der Waals surface area (Å²) in [6.45, 7) is 3.05. The molecule has 0 bridgehead atoms. The minimum absolute atomic E-state index is 0.0277. The topological polar surface area (TPSA) is 85.0 Å². The van der Waals surface area contributed by atoms with Crippen molar-refractivity contribution in [3.8, 4) is 10.7 Å². The van der Waals surface area contributed by atoms with Gasteiger partial charge in [0.2, 0.25) is 17.7 Å². The molecule has 140 valence electrons. The molecule has 3 aromatic heterocycles. The number of aromatic nitrogens is 4. The van der Waals surface area contributed by atoms with Gasteiger partial charge in [-0.25, -0.2) is 9.97 Å². The van der Waals surface area contributed by atoms with E-state index in [9.17, 15) is 9.18 Å². The number of carbonyl (C=O) groups is 1. The van der Waals surface area contributed by atoms with Gasteiger partial charge in [-0.3, -0.25) is 4.79 Å². The Kier molecular flexibility index (Phi) is 4.93. The zero-order chi connectivity index (χ0) is 18.8. The van der Waals surface area contributed by atoms with E-state index in [1.54, 1.807) is 11.1 Å². The fraction of sp³-hybridized carbons (Fsp3) is 0.389. The highest BCUT2D eigenvalue weighted by molar-refractivity contribution is 7.14. The van der Waals surface area contributed by atoms with Gasteiger partial charge in [0.15, 0.2) is 0 Å². The number of hydrogen-bond donors (Lipinski definition) is 0. The standard InChI is InChI=1S/C18H18FN5O2S/c1-11-20-9-14(27-11)16-22-17(26-23-16)13-4-2-3-7-24(10-13)18(25)12-5-6-15(19)21-8-12/h5-6,8-9,13H,2-4,7,10H2,1H3/t13-/m0/s1. The Hall–Kier alpha value is -2.68. The molecule has 1 saturated heterocycles. The van der Waals surface area contributed by atoms with Crippen molar-refractivity contribution in [2.45, 2.75) is 32.1 Å². The Labute approximate surface area is 159 Å². The first-order valence-corrected chi connectivity index (χ1v) is 9.59. The molecule has 0 spiro atoms. The number of thiazole rings is 1. The third kappa shape index (κ3) is 3.87. The lowest BCUT2D eigenvalue weighted by molar-refractivity contribution is 0.0749. The van der Waals surface area contributed by atoms with Crippen LogP contribution >= 0.6 is 11.3 Å². The first-order valence-electron chi connectivity index (χ1n) is 8.77. The van der Waals surface area contributed by atoms with Crippen LogP contribution in [0.25, 0.3) is 10.7 Å². The average molecular weight is 387 g/mol. The first kappa shape index (κ1) is 17.7. The molecule has 0 saturated carbocycles. The molecule has 9 heteroatoms. The van der Waals surface area contributed by atoms with E-state index in [0.29, 0.717) is 30.4 Å². The molecular weight excluding hydrogens is 369 g/mol. The van der Waals surface area contributed by atoms with Gasteiger partial charge >= 0.3 is 0 Å². The van der Waals surface area contributed by atoms with Crippen LogP contribution in [-0.2, 0) is 0 Å². The van der Waals surface area contributed by atoms with Crippen LogP contribution in [0.5, 0.6) is 0 Å². The Balaban J connectivity index is 1.52. The van der Waals surface area contributed by atoms with Crippen LogP contribution in [0, 0.1) is 12.9 Å². The van der Waals surface area contributed by atoms with E-state index in [-0.39, 0.29) is 11.8 Å². The first-order chi connectivity index (χ1) is 13.1. The summed E-state index contributed by atoms with van der Waals surface area (Å²) in [5.41, 5.74) is 0.378. The van der Waals surface area contributed by atoms with Gasteiger partial charge < -0.3 is 9.42 Å². The lowest BCUT2D eigenvalue weighted by Crippen LogP contribution is -2.34. The van der Waals surface area contributed by atoms with E-state index in [2.05, 4.69) is 20.1 Å². The highest BCUT2D eigenvalue weighted by Crippen LogP contribution is 2.29. The van der Waals surface area contributed by atoms with E-state index in [0.717, 1.165) is 29.1 Å². The third-order valence-electron chi connectivity index (χ3n) is 4.57. The van der Waals surface area contributed by atoms with Crippen molar-refractivity contribution >= 4 is 17.2 Å². The van der Waals surface area contributed by atoms with E-state index in [4.69, 9.17) is 4.52 Å². The van der Waals surface area contributed by atoms with E-state index in [1.807, 2.05) is 6.92 Å². The van der Waals surface area contributed by atoms with Crippen LogP contribution in [0.2, 0.25) is 0 Å². The summed E-state index contributed by atoms with van der Waals surface area (Å²) in [6, 6.07) is 2.66. The lowest BCUT2D eigenvalue weighted by atomic mass is 10.0. The fourth-order valence-corrected chi connectivity index (χ4v) is 3.88. The molecule has 3 aromatic rings. The summed E-state index contributed by atoms with van der Waals surface area (Å²) in [4.78, 5) is 27.7. The van der Waals surface area contributed by atoms with Gasteiger partial charge in [0.05, 0.1) is 21.4 Å². The van der Waals surface area contributed by atoms with Crippen molar-refractivity contribution in [2.75, 3.05) is 13.1 Å². The van der Waals surface area contributed by atoms with Crippen LogP contribution in [0.3, 0.4) is 0 Å². The molecule has 1 amide bonds. The molecule has 1 aliphatic rings. The number of nitrogens with zero attached hydrogens (tertiary/aromatic N) is 5. The van der Waals surface area contributed by atoms with Crippen LogP contribution in [0.4, 0.5) is 4.39 Å². The predicted octanol–water partition coefficient (Wildman–Crippen LogP) is 3.45. The van der Waals surface area contributed by atoms with Crippen molar-refractivity contribution in [3.05, 3.63) is 46.9 Å². The molecular formula is C18H18FN5O2S. The minimum Gasteiger partial charge on any atom is -0.339 e. The molecule has 4 heterocycles. The van der Waals surface area contributed by atoms with Crippen molar-refractivity contribution in [2.24, 2.45) is 0 Å². The van der Waals surface area contributed by atoms with Gasteiger partial charge in [0, 0.05) is 25.5 Å². The summed E-state index contributed by atoms with van der Waals surface area (Å²) in [5.74, 6) is 0.276. The summed E-state index contributed by atoms with van der Waals surface area (Å²) in [6.07, 6.45) is 5.74. The molecule has 0 radical (unpaired) electrons. The lowest BCUT2D eigenvalue weighted by Gasteiger charge is -2.22. The second-order valence-corrected chi connectivity index (χ2v) is 7.75. The number of pyridine rings is 1. The SMILES string of the molecule is Cc1ncc(-c2noc([C@H]3CCCCN(C(=O)c4ccc(F)nc4)C3)n2)s1. The number of carbonyl (C=O) groups excluding carboxylic acids is 1. The molecule has 7 nitrogen and oxygen atoms in total. The normalized spacial score (nSPS) is 17.7. The smallest absolute Gasteiger partial charge is 0.255 e. The van der Waals surface area contributed by atoms with Gasteiger partial charge in [-0.05, 0) is 31.9 Å². The average Bonchev–Trinajstić information content (AvgIpc) is 3.25. The second kappa shape index (κ2) is 7.51. The number of rotatable bonds is 3. The molecule has 1 fully saturated rings. The second-order valence-electron chi connectivity index (χ2n) is 6.51. The maximum Gasteiger partial charge on any atom is 0.255 e. The van der Waals surface area contributed by atoms with Crippen molar-refractivity contribution < 1.29 is 13.7 Å². The Morgan fingerprint density at radius 2 is 2.19 bits per heavy atom. The predicted molar refractivity (Wildman–Crippen MR) is 96.8 cm³/mol. The van der Waals surface area contributed by atoms with Crippen LogP contribution < -0.4 is 0 Å². The number of likely N-dealkylation sites (tertiary alicyclic amines) is 1. The van der Waals surface area contributed by atoms with Crippen molar-refractivity contribution in [3.63, 3.8) is 0 Å². The zero-order valence-electron chi connectivity index (χ0n) is 14.8. The number of aryl methyl sites for hydroxylation is 1. The molecule has 4 rings (SSSR count). The zero-order valence-corrected chi connectivity index (χ0v) is 15.6. The highest BCUT2D eigenvalue weighted by atomic mass is 32.1. The number of halogens is 1. The molecule has 0 aromatic carbocycles. The van der Waals surface area contributed by atoms with Gasteiger partial charge in [0.25, 0.3) is 5.91 Å². The van der Waals surface area contributed by atoms with Gasteiger partial charge in [0.1, 0.15) is 0 Å². The Morgan fingerprint density at radius 3 is 2.93 bits per heavy atom. The van der Waals surface area contributed by atoms with E-state index < -0.39 is 5.95 Å². The number of amides is 1. The molecule has 27 heavy (non-hydrogen) atoms. The highest BCUT2D eigenvalue weighted by Gasteiger charge is 2.28. The number of hydrogen-bond acceptors (Lipinski definition) is 7. The Bertz CT molecular complexity index is 939. The van der Waals surface area contributed by atoms with Gasteiger partial charge in [-0.15, -0.1) is 11.3 Å². The Morgan fingerprint density at radius 1 is 1.30 bits per heavy atom. The molecule has 0 aliphatic carbocycles. The van der Waals surface area contributed by atoms with Gasteiger partial charge in [-0.1, -0.05) is 11.6 Å². The van der Waals surface area contributed by atoms with Crippen LogP contribution in [-0.4, -0.2) is 44.0 Å². The maximum atomic E-state index is 13.0. The monoisotopic (exact) mass is 387 g/mol. The van der Waals surface area contributed by atoms with E-state index >= 15 is 0 Å². The summed E-state index contributed by atoms with van der Waals surface area (Å²) in [7, 11) is 0. The van der Waals surface area contributed by atoms with Crippen molar-refractivity contribution in [1.29, 1.82) is 0 Å². The summed E-state index contributed by atoms with van der Waals surface area (Å²) in [5, 5.41) is 5.01. The summed E-state index contributed by atoms with van der Waals surface area (Å²) < 4.78 is 18.5.